The van der Waals surface area contributed by atoms with Gasteiger partial charge in [-0.25, -0.2) is 19.6 Å². The summed E-state index contributed by atoms with van der Waals surface area (Å²) in [7, 11) is 4.65. The summed E-state index contributed by atoms with van der Waals surface area (Å²) in [6.45, 7) is 8.96. The van der Waals surface area contributed by atoms with E-state index >= 15 is 0 Å². The lowest BCUT2D eigenvalue weighted by atomic mass is 9.51. The van der Waals surface area contributed by atoms with Crippen molar-refractivity contribution in [1.29, 1.82) is 0 Å². The third kappa shape index (κ3) is 6.94. The Morgan fingerprint density at radius 3 is 1.87 bits per heavy atom. The fraction of sp³-hybridized carbons (Fsp3) is 0.659. The molecule has 2 aliphatic heterocycles. The molecule has 5 fully saturated rings. The number of carbonyl (C=O) groups excluding carboxylic acids is 4. The number of aryl methyl sites for hydroxylation is 1. The van der Waals surface area contributed by atoms with Crippen molar-refractivity contribution in [2.45, 2.75) is 127 Å². The number of aromatic amines is 1. The molecule has 4 unspecified atom stereocenters. The molecule has 3 aromatic rings. The highest BCUT2D eigenvalue weighted by molar-refractivity contribution is 5.87. The quantitative estimate of drug-likeness (QED) is 0.229. The molecule has 4 atom stereocenters. The number of imidazole rings is 2. The zero-order chi connectivity index (χ0) is 39.2. The molecule has 2 saturated heterocycles. The zero-order valence-corrected chi connectivity index (χ0v) is 33.4. The largest absolute Gasteiger partial charge is 0.453 e. The van der Waals surface area contributed by atoms with Crippen LogP contribution in [-0.2, 0) is 36.9 Å². The number of nitrogens with one attached hydrogen (secondary N) is 3. The van der Waals surface area contributed by atoms with Crippen molar-refractivity contribution >= 4 is 35.0 Å². The summed E-state index contributed by atoms with van der Waals surface area (Å²) in [6, 6.07) is 5.12. The maximum absolute atomic E-state index is 13.8. The van der Waals surface area contributed by atoms with Crippen LogP contribution in [0.4, 0.5) is 9.59 Å². The van der Waals surface area contributed by atoms with Gasteiger partial charge in [0.15, 0.2) is 0 Å². The van der Waals surface area contributed by atoms with Gasteiger partial charge in [-0.1, -0.05) is 33.8 Å². The van der Waals surface area contributed by atoms with Crippen LogP contribution < -0.4 is 10.6 Å². The molecule has 55 heavy (non-hydrogen) atoms. The predicted molar refractivity (Wildman–Crippen MR) is 206 cm³/mol. The first-order valence-electron chi connectivity index (χ1n) is 20.1. The minimum atomic E-state index is -0.674. The molecule has 1 aromatic carbocycles. The zero-order valence-electron chi connectivity index (χ0n) is 33.4. The van der Waals surface area contributed by atoms with Crippen LogP contribution in [-0.4, -0.2) is 92.7 Å². The number of H-pyrrole nitrogens is 1. The van der Waals surface area contributed by atoms with E-state index in [0.29, 0.717) is 13.1 Å². The Morgan fingerprint density at radius 1 is 0.800 bits per heavy atom. The Labute approximate surface area is 323 Å². The molecule has 3 N–H and O–H groups in total. The fourth-order valence-corrected chi connectivity index (χ4v) is 10.0. The molecule has 14 nitrogen and oxygen atoms in total. The summed E-state index contributed by atoms with van der Waals surface area (Å²) in [5, 5.41) is 5.48. The molecule has 0 spiro atoms. The van der Waals surface area contributed by atoms with Crippen molar-refractivity contribution in [3.05, 3.63) is 47.3 Å². The number of carbonyl (C=O) groups is 4. The van der Waals surface area contributed by atoms with Gasteiger partial charge in [-0.05, 0) is 99.2 Å². The van der Waals surface area contributed by atoms with E-state index < -0.39 is 24.3 Å². The van der Waals surface area contributed by atoms with Crippen LogP contribution in [0.1, 0.15) is 127 Å². The predicted octanol–water partition coefficient (Wildman–Crippen LogP) is 5.93. The van der Waals surface area contributed by atoms with Gasteiger partial charge in [0.25, 0.3) is 0 Å². The molecule has 3 aliphatic carbocycles. The average molecular weight is 759 g/mol. The van der Waals surface area contributed by atoms with Crippen LogP contribution in [0.3, 0.4) is 0 Å². The minimum absolute atomic E-state index is 0.0324. The smallest absolute Gasteiger partial charge is 0.407 e. The molecule has 14 heteroatoms. The second-order valence-corrected chi connectivity index (χ2v) is 17.1. The Balaban J connectivity index is 1.06. The molecule has 4 amide bonds. The molecule has 5 aliphatic rings. The number of likely N-dealkylation sites (tertiary alicyclic amines) is 2. The van der Waals surface area contributed by atoms with Gasteiger partial charge in [-0.2, -0.15) is 0 Å². The van der Waals surface area contributed by atoms with Gasteiger partial charge in [-0.15, -0.1) is 0 Å². The topological polar surface area (TPSA) is 164 Å². The van der Waals surface area contributed by atoms with Crippen LogP contribution in [0.2, 0.25) is 0 Å². The van der Waals surface area contributed by atoms with Gasteiger partial charge < -0.3 is 39.5 Å². The first kappa shape index (κ1) is 38.6. The number of amides is 4. The van der Waals surface area contributed by atoms with E-state index in [0.717, 1.165) is 86.9 Å². The molecular weight excluding hydrogens is 701 g/mol. The number of hydrogen-bond acceptors (Lipinski definition) is 8. The Morgan fingerprint density at radius 2 is 1.33 bits per heavy atom. The van der Waals surface area contributed by atoms with Crippen LogP contribution in [0.15, 0.2) is 24.4 Å². The van der Waals surface area contributed by atoms with Crippen molar-refractivity contribution in [3.8, 4) is 0 Å². The van der Waals surface area contributed by atoms with Crippen molar-refractivity contribution < 1.29 is 28.7 Å². The lowest BCUT2D eigenvalue weighted by Crippen LogP contribution is -2.51. The minimum Gasteiger partial charge on any atom is -0.453 e. The van der Waals surface area contributed by atoms with Gasteiger partial charge >= 0.3 is 12.2 Å². The monoisotopic (exact) mass is 758 g/mol. The fourth-order valence-electron chi connectivity index (χ4n) is 10.0. The van der Waals surface area contributed by atoms with E-state index in [-0.39, 0.29) is 46.6 Å². The van der Waals surface area contributed by atoms with Gasteiger partial charge in [0.05, 0.1) is 37.3 Å². The second-order valence-electron chi connectivity index (χ2n) is 17.1. The lowest BCUT2D eigenvalue weighted by molar-refractivity contribution is -0.136. The average Bonchev–Trinajstić information content (AvgIpc) is 4.02. The summed E-state index contributed by atoms with van der Waals surface area (Å²) >= 11 is 0. The molecule has 4 heterocycles. The Bertz CT molecular complexity index is 1910. The number of alkyl carbamates (subject to hydrolysis) is 2. The summed E-state index contributed by atoms with van der Waals surface area (Å²) in [5.74, 6) is 1.32. The van der Waals surface area contributed by atoms with E-state index in [1.165, 1.54) is 25.5 Å². The first-order valence-corrected chi connectivity index (χ1v) is 20.1. The van der Waals surface area contributed by atoms with Gasteiger partial charge in [0.1, 0.15) is 23.7 Å². The van der Waals surface area contributed by atoms with E-state index in [9.17, 15) is 19.2 Å². The van der Waals surface area contributed by atoms with E-state index in [4.69, 9.17) is 19.4 Å². The highest BCUT2D eigenvalue weighted by Gasteiger charge is 2.51. The molecule has 298 valence electrons. The van der Waals surface area contributed by atoms with Crippen molar-refractivity contribution in [2.24, 2.45) is 18.9 Å². The van der Waals surface area contributed by atoms with Gasteiger partial charge in [0.2, 0.25) is 11.8 Å². The number of benzene rings is 1. The summed E-state index contributed by atoms with van der Waals surface area (Å²) in [5.41, 5.74) is 4.63. The number of hydrogen-bond donors (Lipinski definition) is 3. The lowest BCUT2D eigenvalue weighted by Gasteiger charge is -2.53. The molecule has 0 radical (unpaired) electrons. The second kappa shape index (κ2) is 15.1. The molecular formula is C41H58N8O6. The van der Waals surface area contributed by atoms with Crippen molar-refractivity contribution in [1.82, 2.24) is 40.0 Å². The summed E-state index contributed by atoms with van der Waals surface area (Å²) in [6.07, 6.45) is 10.6. The molecule has 3 saturated carbocycles. The van der Waals surface area contributed by atoms with Crippen LogP contribution in [0, 0.1) is 11.8 Å². The highest BCUT2D eigenvalue weighted by atomic mass is 16.5. The van der Waals surface area contributed by atoms with Crippen LogP contribution >= 0.6 is 0 Å². The number of nitrogens with zero attached hydrogens (tertiary/aromatic N) is 5. The Kier molecular flexibility index (Phi) is 10.6. The normalized spacial score (nSPS) is 26.1. The Hall–Kier alpha value is -4.62. The number of rotatable bonds is 10. The van der Waals surface area contributed by atoms with Gasteiger partial charge in [0, 0.05) is 37.4 Å². The molecule has 8 rings (SSSR count). The van der Waals surface area contributed by atoms with Crippen molar-refractivity contribution in [2.75, 3.05) is 27.3 Å². The third-order valence-corrected chi connectivity index (χ3v) is 13.4. The van der Waals surface area contributed by atoms with Crippen LogP contribution in [0.25, 0.3) is 11.0 Å². The first-order chi connectivity index (χ1) is 26.3. The SMILES string of the molecule is COC(=O)NC(C(=O)N1CCCC1c1ncc(C23CCC(c4ccc5c(c4)nc(C4CCCN4C(=O)C(NC(=O)OC)C(C)C)n5C)(CC2)CC3)[nH]1)C(C)C. The summed E-state index contributed by atoms with van der Waals surface area (Å²) < 4.78 is 11.7. The van der Waals surface area contributed by atoms with Crippen molar-refractivity contribution in [3.63, 3.8) is 0 Å². The number of ether oxygens (including phenoxy) is 2. The maximum Gasteiger partial charge on any atom is 0.407 e. The van der Waals surface area contributed by atoms with E-state index in [1.54, 1.807) is 0 Å². The number of fused-ring (bicyclic) bond motifs is 4. The van der Waals surface area contributed by atoms with E-state index in [2.05, 4.69) is 38.4 Å². The standard InChI is InChI=1S/C41H58N8O6/c1-24(2)32(45-38(52)54-6)36(50)48-20-8-10-29(48)34-42-23-31(44-34)41-17-14-40(15-18-41,16-19-41)26-12-13-28-27(22-26)43-35(47(28)5)30-11-9-21-49(30)37(51)33(25(3)4)46-39(53)55-7/h12-13,22-25,29-30,32-33H,8-11,14-21H2,1-7H3,(H,42,44)(H,45,52)(H,46,53). The number of aromatic nitrogens is 4. The highest BCUT2D eigenvalue weighted by Crippen LogP contribution is 2.58. The van der Waals surface area contributed by atoms with Crippen LogP contribution in [0.5, 0.6) is 0 Å². The van der Waals surface area contributed by atoms with Gasteiger partial charge in [-0.3, -0.25) is 9.59 Å². The summed E-state index contributed by atoms with van der Waals surface area (Å²) in [4.78, 5) is 69.1. The number of methoxy groups -OCH3 is 2. The maximum atomic E-state index is 13.8. The van der Waals surface area contributed by atoms with E-state index in [1.807, 2.05) is 50.7 Å². The molecule has 2 aromatic heterocycles. The molecule has 2 bridgehead atoms. The third-order valence-electron chi connectivity index (χ3n) is 13.4.